The van der Waals surface area contributed by atoms with Crippen molar-refractivity contribution in [2.75, 3.05) is 5.73 Å². The van der Waals surface area contributed by atoms with Gasteiger partial charge in [0.1, 0.15) is 11.2 Å². The lowest BCUT2D eigenvalue weighted by molar-refractivity contribution is 0.170. The van der Waals surface area contributed by atoms with Crippen LogP contribution in [0.3, 0.4) is 0 Å². The third kappa shape index (κ3) is 1.72. The van der Waals surface area contributed by atoms with Crippen molar-refractivity contribution in [3.05, 3.63) is 22.2 Å². The van der Waals surface area contributed by atoms with Gasteiger partial charge in [0.2, 0.25) is 5.95 Å². The largest absolute Gasteiger partial charge is 0.387 e. The number of aromatic amines is 1. The highest BCUT2D eigenvalue weighted by atomic mass is 16.3. The zero-order valence-electron chi connectivity index (χ0n) is 8.64. The van der Waals surface area contributed by atoms with Gasteiger partial charge in [-0.1, -0.05) is 6.92 Å². The Hall–Kier alpha value is -2.02. The van der Waals surface area contributed by atoms with E-state index in [0.29, 0.717) is 17.6 Å². The number of hydrogen-bond donors (Lipinski definition) is 3. The number of aromatic nitrogens is 4. The molecule has 0 aliphatic carbocycles. The van der Waals surface area contributed by atoms with E-state index in [0.717, 1.165) is 6.20 Å². The molecule has 2 rings (SSSR count). The van der Waals surface area contributed by atoms with Gasteiger partial charge in [0.05, 0.1) is 12.3 Å². The van der Waals surface area contributed by atoms with Crippen LogP contribution in [0.25, 0.3) is 11.2 Å². The van der Waals surface area contributed by atoms with Crippen molar-refractivity contribution in [3.63, 3.8) is 0 Å². The minimum atomic E-state index is -0.772. The zero-order chi connectivity index (χ0) is 11.7. The molecule has 1 atom stereocenters. The monoisotopic (exact) mass is 221 g/mol. The quantitative estimate of drug-likeness (QED) is 0.643. The normalized spacial score (nSPS) is 12.9. The molecule has 4 N–H and O–H groups in total. The Bertz CT molecular complexity index is 580. The predicted octanol–water partition coefficient (Wildman–Crippen LogP) is -0.261. The number of aliphatic hydroxyl groups excluding tert-OH is 1. The molecular weight excluding hydrogens is 210 g/mol. The highest BCUT2D eigenvalue weighted by Crippen LogP contribution is 2.20. The van der Waals surface area contributed by atoms with Gasteiger partial charge in [-0.05, 0) is 6.42 Å². The van der Waals surface area contributed by atoms with Gasteiger partial charge in [-0.25, -0.2) is 9.97 Å². The zero-order valence-corrected chi connectivity index (χ0v) is 8.64. The van der Waals surface area contributed by atoms with Crippen LogP contribution in [0.15, 0.2) is 11.0 Å². The van der Waals surface area contributed by atoms with Crippen LogP contribution in [0.5, 0.6) is 0 Å². The molecule has 0 amide bonds. The Morgan fingerprint density at radius 2 is 2.31 bits per heavy atom. The van der Waals surface area contributed by atoms with Crippen molar-refractivity contribution in [2.45, 2.75) is 19.4 Å². The van der Waals surface area contributed by atoms with Gasteiger partial charge in [-0.15, -0.1) is 0 Å². The molecule has 0 saturated heterocycles. The number of H-pyrrole nitrogens is 1. The summed E-state index contributed by atoms with van der Waals surface area (Å²) in [6, 6.07) is 0. The van der Waals surface area contributed by atoms with Crippen LogP contribution in [-0.2, 0) is 0 Å². The predicted molar refractivity (Wildman–Crippen MR) is 57.6 cm³/mol. The van der Waals surface area contributed by atoms with Crippen LogP contribution in [0, 0.1) is 0 Å². The summed E-state index contributed by atoms with van der Waals surface area (Å²) in [6.07, 6.45) is 0.825. The summed E-state index contributed by atoms with van der Waals surface area (Å²) in [6.45, 7) is 1.81. The number of fused-ring (bicyclic) bond motifs is 1. The molecule has 84 valence electrons. The number of aliphatic hydroxyl groups is 1. The van der Waals surface area contributed by atoms with E-state index >= 15 is 0 Å². The first kappa shape index (κ1) is 10.5. The first-order chi connectivity index (χ1) is 7.61. The Morgan fingerprint density at radius 3 is 3.00 bits per heavy atom. The van der Waals surface area contributed by atoms with E-state index < -0.39 is 6.10 Å². The Balaban J connectivity index is 2.77. The van der Waals surface area contributed by atoms with Gasteiger partial charge < -0.3 is 15.8 Å². The van der Waals surface area contributed by atoms with Crippen molar-refractivity contribution < 1.29 is 5.11 Å². The molecule has 0 bridgehead atoms. The van der Waals surface area contributed by atoms with Crippen molar-refractivity contribution >= 4 is 17.1 Å². The van der Waals surface area contributed by atoms with Crippen LogP contribution in [0.2, 0.25) is 0 Å². The lowest BCUT2D eigenvalue weighted by Crippen LogP contribution is -2.12. The third-order valence-electron chi connectivity index (χ3n) is 2.18. The number of anilines is 1. The third-order valence-corrected chi connectivity index (χ3v) is 2.18. The van der Waals surface area contributed by atoms with E-state index in [1.54, 1.807) is 6.92 Å². The highest BCUT2D eigenvalue weighted by Gasteiger charge is 2.14. The van der Waals surface area contributed by atoms with E-state index in [9.17, 15) is 9.90 Å². The molecule has 16 heavy (non-hydrogen) atoms. The van der Waals surface area contributed by atoms with Crippen LogP contribution >= 0.6 is 0 Å². The molecule has 0 aliphatic heterocycles. The molecule has 1 unspecified atom stereocenters. The molecule has 7 nitrogen and oxygen atoms in total. The van der Waals surface area contributed by atoms with E-state index in [-0.39, 0.29) is 17.2 Å². The number of nitrogens with two attached hydrogens (primary N) is 1. The van der Waals surface area contributed by atoms with E-state index in [1.165, 1.54) is 0 Å². The van der Waals surface area contributed by atoms with Gasteiger partial charge in [0.25, 0.3) is 5.56 Å². The molecule has 0 aliphatic rings. The van der Waals surface area contributed by atoms with E-state index in [4.69, 9.17) is 5.73 Å². The maximum Gasteiger partial charge on any atom is 0.268 e. The van der Waals surface area contributed by atoms with Gasteiger partial charge in [-0.2, -0.15) is 4.98 Å². The fourth-order valence-electron chi connectivity index (χ4n) is 1.40. The lowest BCUT2D eigenvalue weighted by atomic mass is 10.2. The summed E-state index contributed by atoms with van der Waals surface area (Å²) < 4.78 is 0. The minimum Gasteiger partial charge on any atom is -0.387 e. The molecular formula is C9H11N5O2. The first-order valence-electron chi connectivity index (χ1n) is 4.82. The Kier molecular flexibility index (Phi) is 2.53. The summed E-state index contributed by atoms with van der Waals surface area (Å²) in [5, 5.41) is 9.74. The molecule has 2 aromatic heterocycles. The fourth-order valence-corrected chi connectivity index (χ4v) is 1.40. The minimum absolute atomic E-state index is 0.00125. The number of nitrogens with one attached hydrogen (secondary N) is 1. The lowest BCUT2D eigenvalue weighted by Gasteiger charge is -2.09. The maximum absolute atomic E-state index is 11.1. The number of nitrogen functional groups attached to an aromatic ring is 1. The average molecular weight is 221 g/mol. The SMILES string of the molecule is CCC(O)c1nc(N)nc2[nH]c(=O)cnc12. The summed E-state index contributed by atoms with van der Waals surface area (Å²) in [5.74, 6) is -0.00125. The van der Waals surface area contributed by atoms with Crippen molar-refractivity contribution in [1.82, 2.24) is 19.9 Å². The van der Waals surface area contributed by atoms with Crippen molar-refractivity contribution in [3.8, 4) is 0 Å². The number of hydrogen-bond acceptors (Lipinski definition) is 6. The molecule has 7 heteroatoms. The molecule has 0 fully saturated rings. The second-order valence-electron chi connectivity index (χ2n) is 3.34. The first-order valence-corrected chi connectivity index (χ1v) is 4.82. The summed E-state index contributed by atoms with van der Waals surface area (Å²) in [7, 11) is 0. The second-order valence-corrected chi connectivity index (χ2v) is 3.34. The molecule has 2 aromatic rings. The topological polar surface area (TPSA) is 118 Å². The number of rotatable bonds is 2. The van der Waals surface area contributed by atoms with E-state index in [2.05, 4.69) is 19.9 Å². The summed E-state index contributed by atoms with van der Waals surface area (Å²) in [4.78, 5) is 25.2. The molecule has 2 heterocycles. The van der Waals surface area contributed by atoms with Gasteiger partial charge in [-0.3, -0.25) is 4.79 Å². The fraction of sp³-hybridized carbons (Fsp3) is 0.333. The van der Waals surface area contributed by atoms with Crippen LogP contribution < -0.4 is 11.3 Å². The highest BCUT2D eigenvalue weighted by molar-refractivity contribution is 5.73. The molecule has 0 saturated carbocycles. The number of nitrogens with zero attached hydrogens (tertiary/aromatic N) is 3. The van der Waals surface area contributed by atoms with Crippen LogP contribution in [-0.4, -0.2) is 25.0 Å². The van der Waals surface area contributed by atoms with E-state index in [1.807, 2.05) is 0 Å². The molecule has 0 spiro atoms. The maximum atomic E-state index is 11.1. The van der Waals surface area contributed by atoms with Gasteiger partial charge in [0.15, 0.2) is 5.65 Å². The summed E-state index contributed by atoms with van der Waals surface area (Å²) >= 11 is 0. The van der Waals surface area contributed by atoms with Gasteiger partial charge in [0, 0.05) is 0 Å². The van der Waals surface area contributed by atoms with Crippen LogP contribution in [0.4, 0.5) is 5.95 Å². The standard InChI is InChI=1S/C9H11N5O2/c1-2-4(15)6-7-8(14-9(10)13-6)12-5(16)3-11-7/h3-4,15H,2H2,1H3,(H3,10,12,13,14,16). The van der Waals surface area contributed by atoms with Gasteiger partial charge >= 0.3 is 0 Å². The average Bonchev–Trinajstić information content (AvgIpc) is 2.26. The Morgan fingerprint density at radius 1 is 1.56 bits per heavy atom. The van der Waals surface area contributed by atoms with Crippen molar-refractivity contribution in [2.24, 2.45) is 0 Å². The van der Waals surface area contributed by atoms with Crippen molar-refractivity contribution in [1.29, 1.82) is 0 Å². The smallest absolute Gasteiger partial charge is 0.268 e. The molecule has 0 radical (unpaired) electrons. The summed E-state index contributed by atoms with van der Waals surface area (Å²) in [5.41, 5.74) is 6.05. The van der Waals surface area contributed by atoms with Crippen LogP contribution in [0.1, 0.15) is 25.1 Å². The second kappa shape index (κ2) is 3.86. The molecule has 0 aromatic carbocycles. The Labute approximate surface area is 90.4 Å².